The van der Waals surface area contributed by atoms with Crippen LogP contribution in [0.25, 0.3) is 0 Å². The number of carbonyl (C=O) groups excluding carboxylic acids is 1. The van der Waals surface area contributed by atoms with Crippen LogP contribution in [0.1, 0.15) is 44.0 Å². The van der Waals surface area contributed by atoms with Crippen LogP contribution in [-0.4, -0.2) is 25.5 Å². The van der Waals surface area contributed by atoms with Crippen molar-refractivity contribution >= 4 is 17.3 Å². The van der Waals surface area contributed by atoms with Gasteiger partial charge < -0.3 is 16.0 Å². The molecule has 0 unspecified atom stereocenters. The van der Waals surface area contributed by atoms with Crippen LogP contribution in [0.4, 0.5) is 11.4 Å². The molecule has 1 heterocycles. The number of amides is 1. The quantitative estimate of drug-likeness (QED) is 0.834. The van der Waals surface area contributed by atoms with Crippen molar-refractivity contribution < 1.29 is 4.79 Å². The van der Waals surface area contributed by atoms with Gasteiger partial charge in [-0.1, -0.05) is 13.8 Å². The van der Waals surface area contributed by atoms with E-state index in [0.717, 1.165) is 18.8 Å². The number of rotatable bonds is 3. The molecule has 20 heavy (non-hydrogen) atoms. The number of anilines is 2. The number of benzene rings is 1. The molecule has 3 N–H and O–H groups in total. The van der Waals surface area contributed by atoms with Gasteiger partial charge >= 0.3 is 0 Å². The Morgan fingerprint density at radius 3 is 2.80 bits per heavy atom. The molecule has 0 saturated carbocycles. The number of nitrogens with one attached hydrogen (secondary N) is 1. The Kier molecular flexibility index (Phi) is 4.21. The molecule has 1 aromatic carbocycles. The zero-order chi connectivity index (χ0) is 14.8. The number of hydrogen-bond acceptors (Lipinski definition) is 3. The van der Waals surface area contributed by atoms with Gasteiger partial charge in [0, 0.05) is 25.2 Å². The van der Waals surface area contributed by atoms with Gasteiger partial charge in [0.25, 0.3) is 5.91 Å². The van der Waals surface area contributed by atoms with E-state index in [4.69, 9.17) is 5.73 Å². The minimum Gasteiger partial charge on any atom is -0.397 e. The molecule has 1 saturated heterocycles. The van der Waals surface area contributed by atoms with Gasteiger partial charge in [0.1, 0.15) is 0 Å². The van der Waals surface area contributed by atoms with Crippen LogP contribution in [0, 0.1) is 5.41 Å². The largest absolute Gasteiger partial charge is 0.397 e. The molecular formula is C16H25N3O. The Labute approximate surface area is 121 Å². The third-order valence-electron chi connectivity index (χ3n) is 3.87. The first-order valence-corrected chi connectivity index (χ1v) is 7.35. The third-order valence-corrected chi connectivity index (χ3v) is 3.87. The Bertz CT molecular complexity index is 496. The molecule has 4 nitrogen and oxygen atoms in total. The van der Waals surface area contributed by atoms with E-state index in [-0.39, 0.29) is 5.91 Å². The molecule has 0 aliphatic carbocycles. The van der Waals surface area contributed by atoms with Crippen molar-refractivity contribution in [2.45, 2.75) is 33.6 Å². The van der Waals surface area contributed by atoms with Crippen LogP contribution in [0.5, 0.6) is 0 Å². The maximum Gasteiger partial charge on any atom is 0.251 e. The number of nitrogen functional groups attached to an aromatic ring is 1. The second-order valence-electron chi connectivity index (χ2n) is 6.32. The van der Waals surface area contributed by atoms with E-state index in [1.165, 1.54) is 12.8 Å². The van der Waals surface area contributed by atoms with Crippen molar-refractivity contribution in [3.05, 3.63) is 23.8 Å². The van der Waals surface area contributed by atoms with Crippen LogP contribution in [0.2, 0.25) is 0 Å². The summed E-state index contributed by atoms with van der Waals surface area (Å²) < 4.78 is 0. The van der Waals surface area contributed by atoms with Gasteiger partial charge in [0.2, 0.25) is 0 Å². The maximum atomic E-state index is 11.8. The van der Waals surface area contributed by atoms with Gasteiger partial charge in [-0.15, -0.1) is 0 Å². The first-order chi connectivity index (χ1) is 9.43. The number of piperidine rings is 1. The third kappa shape index (κ3) is 3.24. The zero-order valence-electron chi connectivity index (χ0n) is 12.7. The van der Waals surface area contributed by atoms with E-state index < -0.39 is 0 Å². The Hall–Kier alpha value is -1.71. The van der Waals surface area contributed by atoms with Crippen molar-refractivity contribution in [3.8, 4) is 0 Å². The molecule has 0 bridgehead atoms. The molecule has 1 aliphatic heterocycles. The van der Waals surface area contributed by atoms with Crippen LogP contribution in [0.3, 0.4) is 0 Å². The number of hydrogen-bond donors (Lipinski definition) is 2. The van der Waals surface area contributed by atoms with Gasteiger partial charge in [-0.05, 0) is 43.4 Å². The molecule has 2 rings (SSSR count). The van der Waals surface area contributed by atoms with E-state index in [9.17, 15) is 4.79 Å². The maximum absolute atomic E-state index is 11.8. The lowest BCUT2D eigenvalue weighted by molar-refractivity contribution is 0.0956. The van der Waals surface area contributed by atoms with Crippen LogP contribution >= 0.6 is 0 Å². The molecule has 110 valence electrons. The summed E-state index contributed by atoms with van der Waals surface area (Å²) >= 11 is 0. The fraction of sp³-hybridized carbons (Fsp3) is 0.562. The van der Waals surface area contributed by atoms with Crippen LogP contribution in [0.15, 0.2) is 18.2 Å². The normalized spacial score (nSPS) is 17.9. The van der Waals surface area contributed by atoms with E-state index >= 15 is 0 Å². The highest BCUT2D eigenvalue weighted by Crippen LogP contribution is 2.34. The summed E-state index contributed by atoms with van der Waals surface area (Å²) in [6, 6.07) is 5.61. The lowest BCUT2D eigenvalue weighted by Gasteiger charge is -2.40. The second kappa shape index (κ2) is 5.73. The smallest absolute Gasteiger partial charge is 0.251 e. The molecule has 1 fully saturated rings. The number of nitrogens with two attached hydrogens (primary N) is 1. The molecule has 1 aliphatic rings. The highest BCUT2D eigenvalue weighted by atomic mass is 16.1. The molecule has 0 atom stereocenters. The van der Waals surface area contributed by atoms with Crippen molar-refractivity contribution in [2.75, 3.05) is 30.3 Å². The predicted molar refractivity (Wildman–Crippen MR) is 84.1 cm³/mol. The fourth-order valence-electron chi connectivity index (χ4n) is 2.88. The van der Waals surface area contributed by atoms with E-state index in [1.807, 2.05) is 19.1 Å². The summed E-state index contributed by atoms with van der Waals surface area (Å²) in [5, 5.41) is 2.79. The molecule has 1 aromatic rings. The molecule has 0 aromatic heterocycles. The minimum atomic E-state index is -0.0651. The summed E-state index contributed by atoms with van der Waals surface area (Å²) in [4.78, 5) is 14.1. The average Bonchev–Trinajstić information content (AvgIpc) is 2.37. The first-order valence-electron chi connectivity index (χ1n) is 7.35. The molecule has 0 spiro atoms. The molecule has 4 heteroatoms. The van der Waals surface area contributed by atoms with Crippen LogP contribution in [-0.2, 0) is 0 Å². The summed E-state index contributed by atoms with van der Waals surface area (Å²) in [5.41, 5.74) is 8.84. The number of nitrogens with zero attached hydrogens (tertiary/aromatic N) is 1. The van der Waals surface area contributed by atoms with Gasteiger partial charge in [-0.3, -0.25) is 4.79 Å². The lowest BCUT2D eigenvalue weighted by Crippen LogP contribution is -2.40. The minimum absolute atomic E-state index is 0.0651. The highest BCUT2D eigenvalue weighted by molar-refractivity contribution is 5.96. The van der Waals surface area contributed by atoms with E-state index in [1.54, 1.807) is 6.07 Å². The zero-order valence-corrected chi connectivity index (χ0v) is 12.7. The van der Waals surface area contributed by atoms with Crippen molar-refractivity contribution in [3.63, 3.8) is 0 Å². The van der Waals surface area contributed by atoms with Gasteiger partial charge in [-0.2, -0.15) is 0 Å². The average molecular weight is 275 g/mol. The predicted octanol–water partition coefficient (Wildman–Crippen LogP) is 2.64. The summed E-state index contributed by atoms with van der Waals surface area (Å²) in [7, 11) is 0. The first kappa shape index (κ1) is 14.7. The molecule has 0 radical (unpaired) electrons. The highest BCUT2D eigenvalue weighted by Gasteiger charge is 2.27. The molecular weight excluding hydrogens is 250 g/mol. The van der Waals surface area contributed by atoms with E-state index in [0.29, 0.717) is 23.2 Å². The van der Waals surface area contributed by atoms with E-state index in [2.05, 4.69) is 24.1 Å². The Balaban J connectivity index is 2.19. The topological polar surface area (TPSA) is 58.4 Å². The second-order valence-corrected chi connectivity index (χ2v) is 6.32. The monoisotopic (exact) mass is 275 g/mol. The number of carbonyl (C=O) groups is 1. The fourth-order valence-corrected chi connectivity index (χ4v) is 2.88. The Morgan fingerprint density at radius 1 is 1.45 bits per heavy atom. The van der Waals surface area contributed by atoms with Gasteiger partial charge in [-0.25, -0.2) is 0 Å². The van der Waals surface area contributed by atoms with Crippen molar-refractivity contribution in [1.82, 2.24) is 5.32 Å². The van der Waals surface area contributed by atoms with Crippen molar-refractivity contribution in [2.24, 2.45) is 5.41 Å². The summed E-state index contributed by atoms with van der Waals surface area (Å²) in [5.74, 6) is -0.0651. The standard InChI is InChI=1S/C16H25N3O/c1-4-18-15(20)12-6-7-14(13(17)10-12)19-9-5-8-16(2,3)11-19/h6-7,10H,4-5,8-9,11,17H2,1-3H3,(H,18,20). The SMILES string of the molecule is CCNC(=O)c1ccc(N2CCCC(C)(C)C2)c(N)c1. The summed E-state index contributed by atoms with van der Waals surface area (Å²) in [6.45, 7) is 9.16. The summed E-state index contributed by atoms with van der Waals surface area (Å²) in [6.07, 6.45) is 2.44. The van der Waals surface area contributed by atoms with Gasteiger partial charge in [0.05, 0.1) is 11.4 Å². The lowest BCUT2D eigenvalue weighted by atomic mass is 9.84. The Morgan fingerprint density at radius 2 is 2.20 bits per heavy atom. The molecule has 1 amide bonds. The van der Waals surface area contributed by atoms with Crippen LogP contribution < -0.4 is 16.0 Å². The van der Waals surface area contributed by atoms with Gasteiger partial charge in [0.15, 0.2) is 0 Å². The van der Waals surface area contributed by atoms with Crippen molar-refractivity contribution in [1.29, 1.82) is 0 Å².